The molecule has 0 atom stereocenters. The molecule has 0 radical (unpaired) electrons. The Balaban J connectivity index is 1.57. The number of rotatable bonds is 7. The van der Waals surface area contributed by atoms with Crippen molar-refractivity contribution < 1.29 is 17.9 Å². The molecule has 2 aromatic carbocycles. The molecule has 1 saturated carbocycles. The zero-order chi connectivity index (χ0) is 25.3. The smallest absolute Gasteiger partial charge is 0.254 e. The first-order valence-electron chi connectivity index (χ1n) is 12.5. The number of nitriles is 1. The molecular formula is C27H30N4O4S. The predicted molar refractivity (Wildman–Crippen MR) is 139 cm³/mol. The van der Waals surface area contributed by atoms with E-state index in [2.05, 4.69) is 15.4 Å². The average molecular weight is 507 g/mol. The van der Waals surface area contributed by atoms with Crippen LogP contribution in [0.15, 0.2) is 42.5 Å². The highest BCUT2D eigenvalue weighted by atomic mass is 32.2. The lowest BCUT2D eigenvalue weighted by Crippen LogP contribution is -2.40. The van der Waals surface area contributed by atoms with E-state index >= 15 is 0 Å². The Morgan fingerprint density at radius 3 is 2.47 bits per heavy atom. The third-order valence-electron chi connectivity index (χ3n) is 7.00. The van der Waals surface area contributed by atoms with Crippen LogP contribution in [0.2, 0.25) is 0 Å². The van der Waals surface area contributed by atoms with Crippen LogP contribution in [0.4, 0.5) is 5.69 Å². The zero-order valence-electron chi connectivity index (χ0n) is 20.4. The molecule has 1 amide bonds. The van der Waals surface area contributed by atoms with E-state index < -0.39 is 10.0 Å². The van der Waals surface area contributed by atoms with Crippen molar-refractivity contribution in [3.8, 4) is 17.3 Å². The molecule has 0 unspecified atom stereocenters. The summed E-state index contributed by atoms with van der Waals surface area (Å²) in [5.74, 6) is 0.0140. The minimum absolute atomic E-state index is 0.0502. The standard InChI is InChI=1S/C27H30N4O4S/c1-2-16-36(33,34)29-21-9-6-19(7-10-21)26-24(18-28)23-17-20(27(32)30-12-14-35-15-13-30)8-11-25(23)31(26)22-4-3-5-22/h6-11,17,22,29H,2-5,12-16H2,1H3. The van der Waals surface area contributed by atoms with Crippen molar-refractivity contribution in [2.75, 3.05) is 36.8 Å². The molecule has 188 valence electrons. The number of sulfonamides is 1. The van der Waals surface area contributed by atoms with Crippen LogP contribution in [0.25, 0.3) is 22.2 Å². The van der Waals surface area contributed by atoms with Crippen molar-refractivity contribution >= 4 is 32.5 Å². The predicted octanol–water partition coefficient (Wildman–Crippen LogP) is 4.53. The number of hydrogen-bond donors (Lipinski definition) is 1. The summed E-state index contributed by atoms with van der Waals surface area (Å²) in [7, 11) is -3.39. The second-order valence-electron chi connectivity index (χ2n) is 9.42. The molecule has 1 aromatic heterocycles. The van der Waals surface area contributed by atoms with Crippen LogP contribution in [0.5, 0.6) is 0 Å². The number of benzene rings is 2. The van der Waals surface area contributed by atoms with Crippen molar-refractivity contribution in [1.82, 2.24) is 9.47 Å². The van der Waals surface area contributed by atoms with Crippen LogP contribution in [-0.4, -0.2) is 55.8 Å². The van der Waals surface area contributed by atoms with Gasteiger partial charge in [-0.3, -0.25) is 9.52 Å². The number of fused-ring (bicyclic) bond motifs is 1. The van der Waals surface area contributed by atoms with Crippen molar-refractivity contribution in [2.24, 2.45) is 0 Å². The lowest BCUT2D eigenvalue weighted by Gasteiger charge is -2.30. The monoisotopic (exact) mass is 506 g/mol. The van der Waals surface area contributed by atoms with Crippen molar-refractivity contribution in [1.29, 1.82) is 5.26 Å². The number of nitrogens with zero attached hydrogens (tertiary/aromatic N) is 3. The Morgan fingerprint density at radius 2 is 1.86 bits per heavy atom. The van der Waals surface area contributed by atoms with Gasteiger partial charge in [-0.15, -0.1) is 0 Å². The van der Waals surface area contributed by atoms with E-state index in [0.717, 1.165) is 41.4 Å². The molecule has 8 nitrogen and oxygen atoms in total. The second kappa shape index (κ2) is 9.96. The first-order chi connectivity index (χ1) is 17.4. The maximum Gasteiger partial charge on any atom is 0.254 e. The molecule has 9 heteroatoms. The van der Waals surface area contributed by atoms with Gasteiger partial charge in [-0.25, -0.2) is 8.42 Å². The SMILES string of the molecule is CCCS(=O)(=O)Nc1ccc(-c2c(C#N)c3cc(C(=O)N4CCOCC4)ccc3n2C2CCC2)cc1. The van der Waals surface area contributed by atoms with Gasteiger partial charge < -0.3 is 14.2 Å². The molecule has 36 heavy (non-hydrogen) atoms. The fourth-order valence-electron chi connectivity index (χ4n) is 5.01. The highest BCUT2D eigenvalue weighted by molar-refractivity contribution is 7.92. The number of carbonyl (C=O) groups is 1. The van der Waals surface area contributed by atoms with E-state index in [0.29, 0.717) is 49.5 Å². The van der Waals surface area contributed by atoms with E-state index in [-0.39, 0.29) is 17.7 Å². The highest BCUT2D eigenvalue weighted by Gasteiger charge is 2.29. The number of anilines is 1. The van der Waals surface area contributed by atoms with E-state index in [1.807, 2.05) is 37.3 Å². The summed E-state index contributed by atoms with van der Waals surface area (Å²) in [4.78, 5) is 14.9. The fraction of sp³-hybridized carbons (Fsp3) is 0.407. The van der Waals surface area contributed by atoms with Gasteiger partial charge in [0.1, 0.15) is 6.07 Å². The van der Waals surface area contributed by atoms with Gasteiger partial charge in [-0.05, 0) is 61.6 Å². The first kappa shape index (κ1) is 24.3. The molecule has 1 saturated heterocycles. The van der Waals surface area contributed by atoms with Gasteiger partial charge in [0.25, 0.3) is 5.91 Å². The normalized spacial score (nSPS) is 16.5. The highest BCUT2D eigenvalue weighted by Crippen LogP contribution is 2.43. The molecule has 1 aliphatic carbocycles. The fourth-order valence-corrected chi connectivity index (χ4v) is 6.15. The van der Waals surface area contributed by atoms with Gasteiger partial charge in [0.2, 0.25) is 10.0 Å². The van der Waals surface area contributed by atoms with E-state index in [1.165, 1.54) is 0 Å². The van der Waals surface area contributed by atoms with Gasteiger partial charge in [-0.1, -0.05) is 19.1 Å². The van der Waals surface area contributed by atoms with Crippen LogP contribution in [0.3, 0.4) is 0 Å². The Kier molecular flexibility index (Phi) is 6.73. The Bertz CT molecular complexity index is 1430. The molecule has 5 rings (SSSR count). The van der Waals surface area contributed by atoms with E-state index in [9.17, 15) is 18.5 Å². The van der Waals surface area contributed by atoms with Crippen molar-refractivity contribution in [2.45, 2.75) is 38.6 Å². The summed E-state index contributed by atoms with van der Waals surface area (Å²) < 4.78 is 34.6. The van der Waals surface area contributed by atoms with Crippen LogP contribution in [0.1, 0.15) is 54.6 Å². The minimum Gasteiger partial charge on any atom is -0.378 e. The summed E-state index contributed by atoms with van der Waals surface area (Å²) in [5.41, 5.74) is 4.20. The Morgan fingerprint density at radius 1 is 1.14 bits per heavy atom. The third-order valence-corrected chi connectivity index (χ3v) is 8.50. The molecular weight excluding hydrogens is 476 g/mol. The van der Waals surface area contributed by atoms with Gasteiger partial charge in [0.05, 0.1) is 35.7 Å². The zero-order valence-corrected chi connectivity index (χ0v) is 21.2. The lowest BCUT2D eigenvalue weighted by molar-refractivity contribution is 0.0303. The van der Waals surface area contributed by atoms with Crippen LogP contribution >= 0.6 is 0 Å². The topological polar surface area (TPSA) is 104 Å². The summed E-state index contributed by atoms with van der Waals surface area (Å²) in [5, 5.41) is 11.0. The number of carbonyl (C=O) groups excluding carboxylic acids is 1. The van der Waals surface area contributed by atoms with E-state index in [1.54, 1.807) is 17.0 Å². The van der Waals surface area contributed by atoms with Crippen LogP contribution in [0, 0.1) is 11.3 Å². The van der Waals surface area contributed by atoms with Crippen molar-refractivity contribution in [3.63, 3.8) is 0 Å². The third kappa shape index (κ3) is 4.59. The number of ether oxygens (including phenoxy) is 1. The molecule has 3 aromatic rings. The summed E-state index contributed by atoms with van der Waals surface area (Å²) in [6, 6.07) is 15.5. The largest absolute Gasteiger partial charge is 0.378 e. The number of nitrogens with one attached hydrogen (secondary N) is 1. The van der Waals surface area contributed by atoms with Crippen LogP contribution < -0.4 is 4.72 Å². The van der Waals surface area contributed by atoms with Crippen LogP contribution in [-0.2, 0) is 14.8 Å². The number of aromatic nitrogens is 1. The summed E-state index contributed by atoms with van der Waals surface area (Å²) in [6.07, 6.45) is 3.74. The summed E-state index contributed by atoms with van der Waals surface area (Å²) >= 11 is 0. The lowest BCUT2D eigenvalue weighted by atomic mass is 9.92. The molecule has 2 aliphatic rings. The maximum absolute atomic E-state index is 13.1. The minimum atomic E-state index is -3.39. The molecule has 2 fully saturated rings. The van der Waals surface area contributed by atoms with Gasteiger partial charge in [0, 0.05) is 35.8 Å². The number of morpholine rings is 1. The molecule has 1 aliphatic heterocycles. The van der Waals surface area contributed by atoms with Gasteiger partial charge in [0.15, 0.2) is 0 Å². The maximum atomic E-state index is 13.1. The van der Waals surface area contributed by atoms with Gasteiger partial charge >= 0.3 is 0 Å². The van der Waals surface area contributed by atoms with Crippen molar-refractivity contribution in [3.05, 3.63) is 53.6 Å². The first-order valence-corrected chi connectivity index (χ1v) is 14.1. The average Bonchev–Trinajstić information content (AvgIpc) is 3.16. The summed E-state index contributed by atoms with van der Waals surface area (Å²) in [6.45, 7) is 4.01. The van der Waals surface area contributed by atoms with E-state index in [4.69, 9.17) is 4.74 Å². The number of amides is 1. The molecule has 0 spiro atoms. The quantitative estimate of drug-likeness (QED) is 0.507. The van der Waals surface area contributed by atoms with Gasteiger partial charge in [-0.2, -0.15) is 5.26 Å². The second-order valence-corrected chi connectivity index (χ2v) is 11.3. The molecule has 2 heterocycles. The molecule has 1 N–H and O–H groups in total. The number of hydrogen-bond acceptors (Lipinski definition) is 5. The molecule has 0 bridgehead atoms. The Labute approximate surface area is 211 Å². The Hall–Kier alpha value is -3.35.